The Balaban J connectivity index is 1.49. The van der Waals surface area contributed by atoms with E-state index >= 15 is 0 Å². The average molecular weight is 423 g/mol. The van der Waals surface area contributed by atoms with Crippen LogP contribution in [0.25, 0.3) is 20.4 Å². The van der Waals surface area contributed by atoms with Gasteiger partial charge in [0.05, 0.1) is 21.4 Å². The van der Waals surface area contributed by atoms with Crippen molar-refractivity contribution in [3.63, 3.8) is 0 Å². The zero-order chi connectivity index (χ0) is 19.8. The van der Waals surface area contributed by atoms with Crippen molar-refractivity contribution in [1.29, 1.82) is 0 Å². The number of rotatable bonds is 5. The molecule has 2 atom stereocenters. The minimum absolute atomic E-state index is 0.618. The number of anilines is 2. The molecule has 4 aromatic rings. The third kappa shape index (κ3) is 3.54. The van der Waals surface area contributed by atoms with Crippen molar-refractivity contribution < 1.29 is 0 Å². The Labute approximate surface area is 179 Å². The van der Waals surface area contributed by atoms with Gasteiger partial charge in [-0.1, -0.05) is 13.8 Å². The van der Waals surface area contributed by atoms with Gasteiger partial charge in [0.15, 0.2) is 0 Å². The highest BCUT2D eigenvalue weighted by atomic mass is 32.1. The van der Waals surface area contributed by atoms with Gasteiger partial charge < -0.3 is 10.2 Å². The second kappa shape index (κ2) is 8.01. The van der Waals surface area contributed by atoms with Gasteiger partial charge in [0.1, 0.15) is 4.83 Å². The first-order valence-corrected chi connectivity index (χ1v) is 12.2. The summed E-state index contributed by atoms with van der Waals surface area (Å²) in [5.74, 6) is 0.618. The number of thiophene rings is 1. The quantitative estimate of drug-likeness (QED) is 0.392. The predicted octanol–water partition coefficient (Wildman–Crippen LogP) is 6.63. The number of hydrogen-bond acceptors (Lipinski definition) is 6. The SMILES string of the molecule is CC[C@H]1[C@@H](c2cc3c(Nc4ccc5scnc5c4)ccnc3s2)CCCN1CC. The maximum absolute atomic E-state index is 4.68. The molecule has 0 bridgehead atoms. The van der Waals surface area contributed by atoms with Crippen LogP contribution in [0.15, 0.2) is 42.0 Å². The van der Waals surface area contributed by atoms with Crippen LogP contribution in [-0.2, 0) is 0 Å². The number of thiazole rings is 1. The monoisotopic (exact) mass is 422 g/mol. The second-order valence-electron chi connectivity index (χ2n) is 7.74. The summed E-state index contributed by atoms with van der Waals surface area (Å²) in [5.41, 5.74) is 5.15. The molecule has 1 N–H and O–H groups in total. The lowest BCUT2D eigenvalue weighted by Crippen LogP contribution is -2.43. The summed E-state index contributed by atoms with van der Waals surface area (Å²) in [6.45, 7) is 7.00. The van der Waals surface area contributed by atoms with Crippen LogP contribution in [0.3, 0.4) is 0 Å². The molecular weight excluding hydrogens is 396 g/mol. The molecule has 1 fully saturated rings. The Morgan fingerprint density at radius 1 is 1.17 bits per heavy atom. The van der Waals surface area contributed by atoms with Gasteiger partial charge in [0, 0.05) is 34.1 Å². The lowest BCUT2D eigenvalue weighted by Gasteiger charge is -2.40. The number of aromatic nitrogens is 2. The van der Waals surface area contributed by atoms with E-state index in [9.17, 15) is 0 Å². The Bertz CT molecular complexity index is 1130. The molecule has 0 spiro atoms. The summed E-state index contributed by atoms with van der Waals surface area (Å²) >= 11 is 3.55. The van der Waals surface area contributed by atoms with E-state index in [0.717, 1.165) is 28.3 Å². The Morgan fingerprint density at radius 2 is 2.10 bits per heavy atom. The summed E-state index contributed by atoms with van der Waals surface area (Å²) in [6.07, 6.45) is 5.70. The van der Waals surface area contributed by atoms with Crippen LogP contribution in [0.4, 0.5) is 11.4 Å². The van der Waals surface area contributed by atoms with Gasteiger partial charge >= 0.3 is 0 Å². The molecule has 29 heavy (non-hydrogen) atoms. The summed E-state index contributed by atoms with van der Waals surface area (Å²) in [4.78, 5) is 14.4. The van der Waals surface area contributed by atoms with Crippen molar-refractivity contribution in [1.82, 2.24) is 14.9 Å². The van der Waals surface area contributed by atoms with Gasteiger partial charge in [-0.2, -0.15) is 0 Å². The number of nitrogens with zero attached hydrogens (tertiary/aromatic N) is 3. The molecule has 1 saturated heterocycles. The second-order valence-corrected chi connectivity index (χ2v) is 9.69. The third-order valence-corrected chi connectivity index (χ3v) is 8.13. The predicted molar refractivity (Wildman–Crippen MR) is 126 cm³/mol. The fourth-order valence-electron chi connectivity index (χ4n) is 4.74. The van der Waals surface area contributed by atoms with Crippen molar-refractivity contribution in [2.45, 2.75) is 45.1 Å². The molecule has 6 heteroatoms. The van der Waals surface area contributed by atoms with E-state index in [4.69, 9.17) is 0 Å². The first-order valence-electron chi connectivity index (χ1n) is 10.5. The number of fused-ring (bicyclic) bond motifs is 2. The van der Waals surface area contributed by atoms with E-state index in [2.05, 4.69) is 64.4 Å². The molecule has 0 aliphatic carbocycles. The smallest absolute Gasteiger partial charge is 0.125 e. The Morgan fingerprint density at radius 3 is 2.97 bits per heavy atom. The van der Waals surface area contributed by atoms with Crippen LogP contribution < -0.4 is 5.32 Å². The number of benzene rings is 1. The molecule has 0 amide bonds. The topological polar surface area (TPSA) is 41.1 Å². The van der Waals surface area contributed by atoms with Crippen molar-refractivity contribution in [3.05, 3.63) is 46.9 Å². The fraction of sp³-hybridized carbons (Fsp3) is 0.391. The Hall–Kier alpha value is -2.02. The Kier molecular flexibility index (Phi) is 5.24. The van der Waals surface area contributed by atoms with E-state index in [-0.39, 0.29) is 0 Å². The summed E-state index contributed by atoms with van der Waals surface area (Å²) < 4.78 is 1.22. The maximum Gasteiger partial charge on any atom is 0.125 e. The van der Waals surface area contributed by atoms with Crippen LogP contribution in [0.2, 0.25) is 0 Å². The van der Waals surface area contributed by atoms with Gasteiger partial charge in [-0.15, -0.1) is 22.7 Å². The molecule has 4 nitrogen and oxygen atoms in total. The zero-order valence-corrected chi connectivity index (χ0v) is 18.5. The normalized spacial score (nSPS) is 20.5. The number of pyridine rings is 1. The lowest BCUT2D eigenvalue weighted by atomic mass is 9.86. The van der Waals surface area contributed by atoms with Crippen molar-refractivity contribution >= 4 is 54.5 Å². The minimum atomic E-state index is 0.618. The van der Waals surface area contributed by atoms with Gasteiger partial charge in [0.25, 0.3) is 0 Å². The highest BCUT2D eigenvalue weighted by molar-refractivity contribution is 7.18. The minimum Gasteiger partial charge on any atom is -0.355 e. The van der Waals surface area contributed by atoms with Crippen LogP contribution >= 0.6 is 22.7 Å². The third-order valence-electron chi connectivity index (χ3n) is 6.15. The molecule has 5 rings (SSSR count). The number of likely N-dealkylation sites (N-methyl/N-ethyl adjacent to an activating group) is 1. The van der Waals surface area contributed by atoms with Crippen LogP contribution in [0.1, 0.15) is 43.9 Å². The fourth-order valence-corrected chi connectivity index (χ4v) is 6.61. The maximum atomic E-state index is 4.68. The van der Waals surface area contributed by atoms with E-state index in [1.807, 2.05) is 23.0 Å². The molecule has 0 saturated carbocycles. The number of piperidine rings is 1. The highest BCUT2D eigenvalue weighted by Gasteiger charge is 2.31. The van der Waals surface area contributed by atoms with Crippen molar-refractivity contribution in [2.75, 3.05) is 18.4 Å². The van der Waals surface area contributed by atoms with Crippen LogP contribution in [0.5, 0.6) is 0 Å². The van der Waals surface area contributed by atoms with Gasteiger partial charge in [-0.3, -0.25) is 0 Å². The zero-order valence-electron chi connectivity index (χ0n) is 16.9. The molecule has 1 aliphatic rings. The lowest BCUT2D eigenvalue weighted by molar-refractivity contribution is 0.131. The molecule has 0 radical (unpaired) electrons. The molecule has 0 unspecified atom stereocenters. The standard InChI is InChI=1S/C23H26N4S2/c1-3-20-16(6-5-11-27(20)4-2)22-13-17-18(9-10-24-23(17)29-22)26-15-7-8-21-19(12-15)25-14-28-21/h7-10,12-14,16,20H,3-6,11H2,1-2H3,(H,24,26)/t16-,20-/m0/s1. The van der Waals surface area contributed by atoms with Crippen molar-refractivity contribution in [3.8, 4) is 0 Å². The van der Waals surface area contributed by atoms with Gasteiger partial charge in [-0.25, -0.2) is 9.97 Å². The summed E-state index contributed by atoms with van der Waals surface area (Å²) in [7, 11) is 0. The molecule has 1 aromatic carbocycles. The largest absolute Gasteiger partial charge is 0.355 e. The first-order chi connectivity index (χ1) is 14.3. The highest BCUT2D eigenvalue weighted by Crippen LogP contribution is 2.41. The van der Waals surface area contributed by atoms with E-state index in [1.165, 1.54) is 40.8 Å². The first kappa shape index (κ1) is 19.0. The molecular formula is C23H26N4S2. The molecule has 150 valence electrons. The van der Waals surface area contributed by atoms with Gasteiger partial charge in [-0.05, 0) is 62.7 Å². The number of nitrogens with one attached hydrogen (secondary N) is 1. The number of likely N-dealkylation sites (tertiary alicyclic amines) is 1. The summed E-state index contributed by atoms with van der Waals surface area (Å²) in [6, 6.07) is 11.5. The molecule has 3 aromatic heterocycles. The molecule has 4 heterocycles. The van der Waals surface area contributed by atoms with E-state index in [1.54, 1.807) is 11.3 Å². The van der Waals surface area contributed by atoms with Crippen LogP contribution in [-0.4, -0.2) is 34.0 Å². The summed E-state index contributed by atoms with van der Waals surface area (Å²) in [5, 5.41) is 4.84. The van der Waals surface area contributed by atoms with Crippen molar-refractivity contribution in [2.24, 2.45) is 0 Å². The average Bonchev–Trinajstić information content (AvgIpc) is 3.40. The van der Waals surface area contributed by atoms with E-state index in [0.29, 0.717) is 12.0 Å². The van der Waals surface area contributed by atoms with Gasteiger partial charge in [0.2, 0.25) is 0 Å². The number of hydrogen-bond donors (Lipinski definition) is 1. The van der Waals surface area contributed by atoms with Crippen LogP contribution in [0, 0.1) is 0 Å². The van der Waals surface area contributed by atoms with E-state index < -0.39 is 0 Å². The molecule has 1 aliphatic heterocycles.